The van der Waals surface area contributed by atoms with E-state index in [9.17, 15) is 0 Å². The second-order valence-electron chi connectivity index (χ2n) is 5.43. The largest absolute Gasteiger partial charge is 0.360 e. The van der Waals surface area contributed by atoms with Crippen LogP contribution < -0.4 is 5.32 Å². The number of aromatic nitrogens is 3. The molecule has 1 atom stereocenters. The fourth-order valence-electron chi connectivity index (χ4n) is 2.88. The van der Waals surface area contributed by atoms with Gasteiger partial charge in [-0.05, 0) is 38.7 Å². The average molecular weight is 316 g/mol. The van der Waals surface area contributed by atoms with Gasteiger partial charge in [-0.3, -0.25) is 0 Å². The van der Waals surface area contributed by atoms with E-state index in [4.69, 9.17) is 0 Å². The van der Waals surface area contributed by atoms with Gasteiger partial charge in [-0.15, -0.1) is 22.7 Å². The SMILES string of the molecule is Cc1cnc(C(C)Nc2ncnc3sc4c(c23)CCC4)s1. The third-order valence-electron chi connectivity index (χ3n) is 3.86. The molecule has 3 aromatic heterocycles. The Morgan fingerprint density at radius 2 is 2.10 bits per heavy atom. The standard InChI is InChI=1S/C15H16N4S2/c1-8-6-16-14(20-8)9(2)19-13-12-10-4-3-5-11(10)21-15(12)18-7-17-13/h6-7,9H,3-5H2,1-2H3,(H,17,18,19). The Labute approximate surface area is 131 Å². The van der Waals surface area contributed by atoms with Gasteiger partial charge in [0.1, 0.15) is 22.0 Å². The van der Waals surface area contributed by atoms with Crippen molar-refractivity contribution >= 4 is 38.7 Å². The van der Waals surface area contributed by atoms with Crippen LogP contribution in [-0.4, -0.2) is 15.0 Å². The van der Waals surface area contributed by atoms with E-state index in [1.165, 1.54) is 33.5 Å². The van der Waals surface area contributed by atoms with E-state index in [2.05, 4.69) is 34.1 Å². The van der Waals surface area contributed by atoms with E-state index in [0.717, 1.165) is 22.1 Å². The molecule has 21 heavy (non-hydrogen) atoms. The number of aryl methyl sites for hydroxylation is 3. The number of thiazole rings is 1. The summed E-state index contributed by atoms with van der Waals surface area (Å²) >= 11 is 3.56. The predicted octanol–water partition coefficient (Wildman–Crippen LogP) is 4.12. The molecule has 0 saturated carbocycles. The average Bonchev–Trinajstić information content (AvgIpc) is 3.13. The van der Waals surface area contributed by atoms with Gasteiger partial charge in [0.2, 0.25) is 0 Å². The topological polar surface area (TPSA) is 50.7 Å². The molecule has 6 heteroatoms. The summed E-state index contributed by atoms with van der Waals surface area (Å²) < 4.78 is 0. The highest BCUT2D eigenvalue weighted by molar-refractivity contribution is 7.19. The lowest BCUT2D eigenvalue weighted by Gasteiger charge is -2.13. The lowest BCUT2D eigenvalue weighted by molar-refractivity contribution is 0.861. The first-order chi connectivity index (χ1) is 10.2. The maximum Gasteiger partial charge on any atom is 0.139 e. The first kappa shape index (κ1) is 13.2. The number of nitrogens with one attached hydrogen (secondary N) is 1. The molecule has 1 N–H and O–H groups in total. The van der Waals surface area contributed by atoms with Gasteiger partial charge in [0.05, 0.1) is 11.4 Å². The summed E-state index contributed by atoms with van der Waals surface area (Å²) in [6.07, 6.45) is 7.19. The van der Waals surface area contributed by atoms with Crippen molar-refractivity contribution in [2.24, 2.45) is 0 Å². The minimum absolute atomic E-state index is 0.166. The molecule has 0 aromatic carbocycles. The van der Waals surface area contributed by atoms with Gasteiger partial charge in [0, 0.05) is 16.0 Å². The van der Waals surface area contributed by atoms with E-state index in [-0.39, 0.29) is 6.04 Å². The quantitative estimate of drug-likeness (QED) is 0.790. The molecule has 0 fully saturated rings. The molecule has 1 unspecified atom stereocenters. The van der Waals surface area contributed by atoms with Crippen LogP contribution in [0.1, 0.15) is 39.7 Å². The van der Waals surface area contributed by atoms with Crippen LogP contribution in [-0.2, 0) is 12.8 Å². The minimum atomic E-state index is 0.166. The van der Waals surface area contributed by atoms with Crippen LogP contribution in [0.3, 0.4) is 0 Å². The zero-order chi connectivity index (χ0) is 14.4. The second kappa shape index (κ2) is 5.03. The molecule has 0 saturated heterocycles. The van der Waals surface area contributed by atoms with Crippen molar-refractivity contribution in [2.75, 3.05) is 5.32 Å². The van der Waals surface area contributed by atoms with Crippen molar-refractivity contribution in [3.63, 3.8) is 0 Å². The fraction of sp³-hybridized carbons (Fsp3) is 0.400. The van der Waals surface area contributed by atoms with Crippen molar-refractivity contribution in [3.8, 4) is 0 Å². The van der Waals surface area contributed by atoms with Gasteiger partial charge in [-0.25, -0.2) is 15.0 Å². The van der Waals surface area contributed by atoms with Crippen molar-refractivity contribution in [1.29, 1.82) is 0 Å². The van der Waals surface area contributed by atoms with Gasteiger partial charge >= 0.3 is 0 Å². The lowest BCUT2D eigenvalue weighted by atomic mass is 10.2. The summed E-state index contributed by atoms with van der Waals surface area (Å²) in [6, 6.07) is 0.166. The van der Waals surface area contributed by atoms with Crippen LogP contribution in [0.2, 0.25) is 0 Å². The van der Waals surface area contributed by atoms with Crippen LogP contribution >= 0.6 is 22.7 Å². The monoisotopic (exact) mass is 316 g/mol. The molecule has 4 nitrogen and oxygen atoms in total. The maximum atomic E-state index is 4.49. The first-order valence-electron chi connectivity index (χ1n) is 7.16. The van der Waals surface area contributed by atoms with Gasteiger partial charge < -0.3 is 5.32 Å². The molecule has 108 valence electrons. The number of rotatable bonds is 3. The molecule has 3 aromatic rings. The first-order valence-corrected chi connectivity index (χ1v) is 8.80. The van der Waals surface area contributed by atoms with Crippen LogP contribution in [0, 0.1) is 6.92 Å². The van der Waals surface area contributed by atoms with E-state index in [0.29, 0.717) is 0 Å². The molecule has 0 aliphatic heterocycles. The van der Waals surface area contributed by atoms with Gasteiger partial charge in [0.25, 0.3) is 0 Å². The molecule has 4 rings (SSSR count). The van der Waals surface area contributed by atoms with Crippen molar-refractivity contribution < 1.29 is 0 Å². The number of thiophene rings is 1. The number of nitrogens with zero attached hydrogens (tertiary/aromatic N) is 3. The molecule has 0 amide bonds. The molecule has 1 aliphatic carbocycles. The van der Waals surface area contributed by atoms with E-state index >= 15 is 0 Å². The summed E-state index contributed by atoms with van der Waals surface area (Å²) in [5.41, 5.74) is 1.46. The number of fused-ring (bicyclic) bond motifs is 3. The van der Waals surface area contributed by atoms with Gasteiger partial charge in [-0.1, -0.05) is 0 Å². The van der Waals surface area contributed by atoms with Crippen LogP contribution in [0.4, 0.5) is 5.82 Å². The molecule has 0 radical (unpaired) electrons. The molecule has 0 bridgehead atoms. The third-order valence-corrected chi connectivity index (χ3v) is 6.16. The highest BCUT2D eigenvalue weighted by atomic mass is 32.1. The normalized spacial score (nSPS) is 15.3. The minimum Gasteiger partial charge on any atom is -0.360 e. The van der Waals surface area contributed by atoms with E-state index < -0.39 is 0 Å². The Hall–Kier alpha value is -1.53. The zero-order valence-corrected chi connectivity index (χ0v) is 13.6. The van der Waals surface area contributed by atoms with Gasteiger partial charge in [-0.2, -0.15) is 0 Å². The maximum absolute atomic E-state index is 4.49. The molecule has 3 heterocycles. The van der Waals surface area contributed by atoms with Crippen LogP contribution in [0.5, 0.6) is 0 Å². The smallest absolute Gasteiger partial charge is 0.139 e. The lowest BCUT2D eigenvalue weighted by Crippen LogP contribution is -2.08. The van der Waals surface area contributed by atoms with Crippen LogP contribution in [0.15, 0.2) is 12.5 Å². The van der Waals surface area contributed by atoms with Crippen molar-refractivity contribution in [3.05, 3.63) is 32.8 Å². The number of anilines is 1. The Kier molecular flexibility index (Phi) is 3.15. The number of hydrogen-bond donors (Lipinski definition) is 1. The van der Waals surface area contributed by atoms with Crippen molar-refractivity contribution in [2.45, 2.75) is 39.2 Å². The molecule has 0 spiro atoms. The second-order valence-corrected chi connectivity index (χ2v) is 7.78. The van der Waals surface area contributed by atoms with E-state index in [1.54, 1.807) is 17.7 Å². The molecule has 1 aliphatic rings. The number of hydrogen-bond acceptors (Lipinski definition) is 6. The predicted molar refractivity (Wildman–Crippen MR) is 88.3 cm³/mol. The summed E-state index contributed by atoms with van der Waals surface area (Å²) in [4.78, 5) is 17.2. The van der Waals surface area contributed by atoms with E-state index in [1.807, 2.05) is 17.5 Å². The van der Waals surface area contributed by atoms with Crippen LogP contribution in [0.25, 0.3) is 10.2 Å². The fourth-order valence-corrected chi connectivity index (χ4v) is 4.88. The van der Waals surface area contributed by atoms with Gasteiger partial charge in [0.15, 0.2) is 0 Å². The Morgan fingerprint density at radius 3 is 2.90 bits per heavy atom. The Morgan fingerprint density at radius 1 is 1.19 bits per heavy atom. The summed E-state index contributed by atoms with van der Waals surface area (Å²) in [5, 5.41) is 5.87. The molecular formula is C15H16N4S2. The molecular weight excluding hydrogens is 300 g/mol. The Bertz CT molecular complexity index is 805. The van der Waals surface area contributed by atoms with Crippen molar-refractivity contribution in [1.82, 2.24) is 15.0 Å². The summed E-state index contributed by atoms with van der Waals surface area (Å²) in [6.45, 7) is 4.22. The zero-order valence-electron chi connectivity index (χ0n) is 12.0. The highest BCUT2D eigenvalue weighted by Gasteiger charge is 2.22. The summed E-state index contributed by atoms with van der Waals surface area (Å²) in [5.74, 6) is 0.958. The summed E-state index contributed by atoms with van der Waals surface area (Å²) in [7, 11) is 0. The highest BCUT2D eigenvalue weighted by Crippen LogP contribution is 2.39. The third kappa shape index (κ3) is 2.22. The Balaban J connectivity index is 1.73.